The lowest BCUT2D eigenvalue weighted by atomic mass is 9.64. The van der Waals surface area contributed by atoms with Gasteiger partial charge in [0.15, 0.2) is 0 Å². The lowest BCUT2D eigenvalue weighted by Crippen LogP contribution is -2.45. The first-order valence-electron chi connectivity index (χ1n) is 7.95. The smallest absolute Gasteiger partial charge is 0.224 e. The molecule has 0 aromatic heterocycles. The Morgan fingerprint density at radius 1 is 1.08 bits per heavy atom. The molecule has 1 saturated carbocycles. The quantitative estimate of drug-likeness (QED) is 0.811. The molecule has 1 aliphatic rings. The average molecular weight is 349 g/mol. The topological polar surface area (TPSA) is 55.1 Å². The Morgan fingerprint density at radius 3 is 2.25 bits per heavy atom. The van der Waals surface area contributed by atoms with Gasteiger partial charge in [-0.2, -0.15) is 0 Å². The molecule has 24 heavy (non-hydrogen) atoms. The monoisotopic (exact) mass is 348 g/mol. The van der Waals surface area contributed by atoms with Crippen LogP contribution in [0.15, 0.2) is 48.5 Å². The normalized spacial score (nSPS) is 15.0. The highest BCUT2D eigenvalue weighted by Gasteiger charge is 2.38. The minimum atomic E-state index is -0.226. The number of carbonyl (C=O) groups is 1. The number of nitrogens with one attached hydrogen (secondary N) is 1. The molecule has 1 fully saturated rings. The third kappa shape index (κ3) is 4.06. The second kappa shape index (κ2) is 7.67. The summed E-state index contributed by atoms with van der Waals surface area (Å²) in [6.07, 6.45) is 3.55. The molecule has 5 heteroatoms. The number of rotatable bonds is 5. The molecule has 0 radical (unpaired) electrons. The highest BCUT2D eigenvalue weighted by molar-refractivity contribution is 5.85. The Labute approximate surface area is 147 Å². The third-order valence-electron chi connectivity index (χ3n) is 4.74. The summed E-state index contributed by atoms with van der Waals surface area (Å²) in [6, 6.07) is 14.0. The van der Waals surface area contributed by atoms with E-state index in [4.69, 9.17) is 5.73 Å². The van der Waals surface area contributed by atoms with Gasteiger partial charge < -0.3 is 11.1 Å². The minimum Gasteiger partial charge on any atom is -0.399 e. The van der Waals surface area contributed by atoms with Gasteiger partial charge >= 0.3 is 0 Å². The van der Waals surface area contributed by atoms with Crippen molar-refractivity contribution in [1.29, 1.82) is 0 Å². The number of anilines is 1. The fourth-order valence-corrected chi connectivity index (χ4v) is 3.13. The van der Waals surface area contributed by atoms with Crippen molar-refractivity contribution in [2.45, 2.75) is 31.1 Å². The van der Waals surface area contributed by atoms with Crippen LogP contribution in [0.4, 0.5) is 10.1 Å². The maximum atomic E-state index is 13.1. The van der Waals surface area contributed by atoms with Crippen molar-refractivity contribution in [2.75, 3.05) is 12.3 Å². The van der Waals surface area contributed by atoms with Crippen molar-refractivity contribution in [2.24, 2.45) is 0 Å². The molecule has 3 rings (SSSR count). The van der Waals surface area contributed by atoms with Crippen LogP contribution >= 0.6 is 12.4 Å². The highest BCUT2D eigenvalue weighted by atomic mass is 35.5. The van der Waals surface area contributed by atoms with E-state index < -0.39 is 0 Å². The number of carbonyl (C=O) groups excluding carboxylic acids is 1. The lowest BCUT2D eigenvalue weighted by molar-refractivity contribution is -0.120. The molecule has 2 aromatic carbocycles. The van der Waals surface area contributed by atoms with Crippen LogP contribution in [0, 0.1) is 5.82 Å². The number of hydrogen-bond acceptors (Lipinski definition) is 2. The number of nitrogens with two attached hydrogens (primary N) is 1. The molecule has 2 aromatic rings. The van der Waals surface area contributed by atoms with Crippen LogP contribution in [0.25, 0.3) is 0 Å². The van der Waals surface area contributed by atoms with E-state index >= 15 is 0 Å². The second-order valence-corrected chi connectivity index (χ2v) is 6.34. The molecule has 3 nitrogen and oxygen atoms in total. The van der Waals surface area contributed by atoms with Crippen molar-refractivity contribution < 1.29 is 9.18 Å². The van der Waals surface area contributed by atoms with E-state index in [1.54, 1.807) is 12.1 Å². The summed E-state index contributed by atoms with van der Waals surface area (Å²) in [7, 11) is 0. The zero-order valence-electron chi connectivity index (χ0n) is 13.4. The van der Waals surface area contributed by atoms with Crippen LogP contribution < -0.4 is 11.1 Å². The summed E-state index contributed by atoms with van der Waals surface area (Å²) < 4.78 is 13.1. The van der Waals surface area contributed by atoms with Crippen LogP contribution in [0.3, 0.4) is 0 Å². The van der Waals surface area contributed by atoms with Gasteiger partial charge in [0, 0.05) is 17.6 Å². The molecule has 0 heterocycles. The van der Waals surface area contributed by atoms with Gasteiger partial charge in [-0.15, -0.1) is 12.4 Å². The van der Waals surface area contributed by atoms with Crippen LogP contribution in [-0.4, -0.2) is 12.5 Å². The van der Waals surface area contributed by atoms with Crippen molar-refractivity contribution in [1.82, 2.24) is 5.32 Å². The highest BCUT2D eigenvalue weighted by Crippen LogP contribution is 2.43. The molecule has 1 aliphatic carbocycles. The Bertz CT molecular complexity index is 682. The van der Waals surface area contributed by atoms with E-state index in [2.05, 4.69) is 5.32 Å². The summed E-state index contributed by atoms with van der Waals surface area (Å²) in [4.78, 5) is 12.2. The summed E-state index contributed by atoms with van der Waals surface area (Å²) >= 11 is 0. The Kier molecular flexibility index (Phi) is 5.84. The van der Waals surface area contributed by atoms with Crippen LogP contribution in [0.5, 0.6) is 0 Å². The van der Waals surface area contributed by atoms with Gasteiger partial charge in [0.2, 0.25) is 5.91 Å². The summed E-state index contributed by atoms with van der Waals surface area (Å²) in [5.74, 6) is -0.223. The first-order valence-corrected chi connectivity index (χ1v) is 7.95. The van der Waals surface area contributed by atoms with E-state index in [0.29, 0.717) is 18.7 Å². The molecule has 0 unspecified atom stereocenters. The van der Waals surface area contributed by atoms with Crippen molar-refractivity contribution in [3.05, 3.63) is 65.5 Å². The standard InChI is InChI=1S/C19H21FN2O.ClH/c20-16-6-4-15(5-7-16)19(10-1-11-19)13-22-18(23)12-14-2-8-17(21)9-3-14;/h2-9H,1,10-13,21H2,(H,22,23);1H. The van der Waals surface area contributed by atoms with Gasteiger partial charge in [-0.1, -0.05) is 30.7 Å². The van der Waals surface area contributed by atoms with E-state index in [-0.39, 0.29) is 29.5 Å². The zero-order chi connectivity index (χ0) is 16.3. The molecule has 1 amide bonds. The predicted octanol–water partition coefficient (Wildman–Crippen LogP) is 3.61. The van der Waals surface area contributed by atoms with Crippen molar-refractivity contribution in [3.8, 4) is 0 Å². The summed E-state index contributed by atoms with van der Waals surface area (Å²) in [5.41, 5.74) is 8.36. The minimum absolute atomic E-state index is 0. The number of hydrogen-bond donors (Lipinski definition) is 2. The van der Waals surface area contributed by atoms with Gasteiger partial charge in [-0.25, -0.2) is 4.39 Å². The number of halogens is 2. The molecule has 0 saturated heterocycles. The average Bonchev–Trinajstić information content (AvgIpc) is 2.50. The fraction of sp³-hybridized carbons (Fsp3) is 0.316. The largest absolute Gasteiger partial charge is 0.399 e. The third-order valence-corrected chi connectivity index (χ3v) is 4.74. The van der Waals surface area contributed by atoms with Gasteiger partial charge in [-0.3, -0.25) is 4.79 Å². The first-order chi connectivity index (χ1) is 11.1. The Hall–Kier alpha value is -2.07. The molecule has 3 N–H and O–H groups in total. The molecule has 0 aliphatic heterocycles. The summed E-state index contributed by atoms with van der Waals surface area (Å²) in [5, 5.41) is 3.04. The maximum Gasteiger partial charge on any atom is 0.224 e. The van der Waals surface area contributed by atoms with Gasteiger partial charge in [-0.05, 0) is 48.2 Å². The van der Waals surface area contributed by atoms with Crippen molar-refractivity contribution in [3.63, 3.8) is 0 Å². The lowest BCUT2D eigenvalue weighted by Gasteiger charge is -2.42. The maximum absolute atomic E-state index is 13.1. The molecular formula is C19H22ClFN2O. The molecule has 0 atom stereocenters. The second-order valence-electron chi connectivity index (χ2n) is 6.34. The van der Waals surface area contributed by atoms with E-state index in [9.17, 15) is 9.18 Å². The van der Waals surface area contributed by atoms with E-state index in [1.807, 2.05) is 24.3 Å². The molecule has 0 spiro atoms. The van der Waals surface area contributed by atoms with Gasteiger partial charge in [0.25, 0.3) is 0 Å². The van der Waals surface area contributed by atoms with E-state index in [1.165, 1.54) is 12.1 Å². The number of benzene rings is 2. The van der Waals surface area contributed by atoms with Crippen LogP contribution in [-0.2, 0) is 16.6 Å². The summed E-state index contributed by atoms with van der Waals surface area (Å²) in [6.45, 7) is 0.604. The molecular weight excluding hydrogens is 327 g/mol. The first kappa shape index (κ1) is 18.3. The van der Waals surface area contributed by atoms with Crippen LogP contribution in [0.2, 0.25) is 0 Å². The number of amides is 1. The predicted molar refractivity (Wildman–Crippen MR) is 96.7 cm³/mol. The Balaban J connectivity index is 0.00000208. The van der Waals surface area contributed by atoms with E-state index in [0.717, 1.165) is 30.4 Å². The molecule has 128 valence electrons. The SMILES string of the molecule is Cl.Nc1ccc(CC(=O)NCC2(c3ccc(F)cc3)CCC2)cc1. The number of nitrogen functional groups attached to an aromatic ring is 1. The zero-order valence-corrected chi connectivity index (χ0v) is 14.2. The fourth-order valence-electron chi connectivity index (χ4n) is 3.13. The Morgan fingerprint density at radius 2 is 1.71 bits per heavy atom. The molecule has 0 bridgehead atoms. The van der Waals surface area contributed by atoms with Crippen molar-refractivity contribution >= 4 is 24.0 Å². The van der Waals surface area contributed by atoms with Gasteiger partial charge in [0.05, 0.1) is 6.42 Å². The van der Waals surface area contributed by atoms with Crippen LogP contribution in [0.1, 0.15) is 30.4 Å². The van der Waals surface area contributed by atoms with Gasteiger partial charge in [0.1, 0.15) is 5.82 Å².